The third-order valence-corrected chi connectivity index (χ3v) is 3.71. The Morgan fingerprint density at radius 1 is 1.00 bits per heavy atom. The molecule has 3 aromatic rings. The van der Waals surface area contributed by atoms with E-state index < -0.39 is 0 Å². The van der Waals surface area contributed by atoms with Gasteiger partial charge in [0.15, 0.2) is 0 Å². The van der Waals surface area contributed by atoms with Gasteiger partial charge in [0.1, 0.15) is 23.3 Å². The lowest BCUT2D eigenvalue weighted by atomic mass is 10.1. The first-order valence-corrected chi connectivity index (χ1v) is 8.13. The highest BCUT2D eigenvalue weighted by Crippen LogP contribution is 2.21. The van der Waals surface area contributed by atoms with Crippen LogP contribution in [0, 0.1) is 0 Å². The third-order valence-electron chi connectivity index (χ3n) is 3.71. The lowest BCUT2D eigenvalue weighted by Gasteiger charge is -2.08. The fourth-order valence-electron chi connectivity index (χ4n) is 2.50. The smallest absolute Gasteiger partial charge is 0.136 e. The van der Waals surface area contributed by atoms with E-state index in [4.69, 9.17) is 9.25 Å². The third kappa shape index (κ3) is 4.03. The van der Waals surface area contributed by atoms with E-state index in [-0.39, 0.29) is 0 Å². The predicted octanol–water partition coefficient (Wildman–Crippen LogP) is 3.88. The van der Waals surface area contributed by atoms with Crippen LogP contribution in [-0.2, 0) is 4.84 Å². The molecule has 2 aromatic carbocycles. The quantitative estimate of drug-likeness (QED) is 0.510. The first-order chi connectivity index (χ1) is 11.7. The normalized spacial score (nSPS) is 12.0. The van der Waals surface area contributed by atoms with Crippen molar-refractivity contribution >= 4 is 11.0 Å². The van der Waals surface area contributed by atoms with E-state index in [1.54, 1.807) is 0 Å². The summed E-state index contributed by atoms with van der Waals surface area (Å²) in [6.07, 6.45) is 0.942. The highest BCUT2D eigenvalue weighted by molar-refractivity contribution is 5.78. The van der Waals surface area contributed by atoms with Crippen LogP contribution in [0.5, 0.6) is 0 Å². The topological polar surface area (TPSA) is 38.0 Å². The molecule has 0 aliphatic heterocycles. The Labute approximate surface area is 142 Å². The van der Waals surface area contributed by atoms with Crippen molar-refractivity contribution in [1.82, 2.24) is 4.90 Å². The van der Waals surface area contributed by atoms with E-state index in [1.165, 1.54) is 0 Å². The van der Waals surface area contributed by atoms with Crippen molar-refractivity contribution in [2.45, 2.75) is 6.42 Å². The van der Waals surface area contributed by atoms with Crippen molar-refractivity contribution in [3.8, 4) is 11.3 Å². The van der Waals surface area contributed by atoms with Crippen LogP contribution in [0.1, 0.15) is 6.42 Å². The minimum absolute atomic E-state index is 0.596. The van der Waals surface area contributed by atoms with Gasteiger partial charge in [-0.05, 0) is 32.6 Å². The molecule has 0 fully saturated rings. The van der Waals surface area contributed by atoms with Crippen LogP contribution in [0.3, 0.4) is 0 Å². The van der Waals surface area contributed by atoms with Gasteiger partial charge in [-0.2, -0.15) is 0 Å². The Morgan fingerprint density at radius 2 is 1.75 bits per heavy atom. The van der Waals surface area contributed by atoms with Crippen LogP contribution in [0.15, 0.2) is 70.2 Å². The molecule has 3 rings (SSSR count). The number of rotatable bonds is 6. The number of fused-ring (bicyclic) bond motifs is 1. The van der Waals surface area contributed by atoms with E-state index in [9.17, 15) is 0 Å². The summed E-state index contributed by atoms with van der Waals surface area (Å²) in [5.74, 6) is 0.782. The molecule has 0 saturated heterocycles. The van der Waals surface area contributed by atoms with Crippen molar-refractivity contribution in [1.29, 1.82) is 0 Å². The standard InChI is InChI=1S/C20H22N2O2/c1-22(2)13-8-14-23-21-18-15-20(16-9-4-3-5-10-16)24-19-12-7-6-11-17(18)19/h3-7,9-12,15H,8,13-14H2,1-2H3/b21-18+. The summed E-state index contributed by atoms with van der Waals surface area (Å²) in [5, 5.41) is 6.08. The molecule has 0 aliphatic rings. The van der Waals surface area contributed by atoms with E-state index in [0.29, 0.717) is 6.61 Å². The number of para-hydroxylation sites is 1. The molecule has 0 radical (unpaired) electrons. The van der Waals surface area contributed by atoms with Crippen LogP contribution in [0.25, 0.3) is 22.3 Å². The van der Waals surface area contributed by atoms with Crippen molar-refractivity contribution in [2.75, 3.05) is 27.2 Å². The SMILES string of the molecule is CN(C)CCCO/N=c1\cc(-c2ccccc2)oc2ccccc12. The maximum atomic E-state index is 6.03. The predicted molar refractivity (Wildman–Crippen MR) is 96.3 cm³/mol. The molecule has 0 saturated carbocycles. The van der Waals surface area contributed by atoms with Crippen LogP contribution in [-0.4, -0.2) is 32.1 Å². The van der Waals surface area contributed by atoms with E-state index in [0.717, 1.165) is 40.6 Å². The Hall–Kier alpha value is -2.59. The van der Waals surface area contributed by atoms with Crippen LogP contribution in [0.4, 0.5) is 0 Å². The second kappa shape index (κ2) is 7.79. The first kappa shape index (κ1) is 16.3. The van der Waals surface area contributed by atoms with Gasteiger partial charge in [0, 0.05) is 23.6 Å². The molecule has 0 bridgehead atoms. The van der Waals surface area contributed by atoms with Crippen molar-refractivity contribution < 1.29 is 9.25 Å². The minimum atomic E-state index is 0.596. The number of hydrogen-bond acceptors (Lipinski definition) is 4. The molecule has 1 heterocycles. The summed E-state index contributed by atoms with van der Waals surface area (Å²) in [6.45, 7) is 1.58. The van der Waals surface area contributed by atoms with Crippen LogP contribution in [0.2, 0.25) is 0 Å². The molecule has 0 amide bonds. The molecule has 0 spiro atoms. The lowest BCUT2D eigenvalue weighted by molar-refractivity contribution is 0.125. The zero-order chi connectivity index (χ0) is 16.8. The van der Waals surface area contributed by atoms with Gasteiger partial charge in [0.2, 0.25) is 0 Å². The van der Waals surface area contributed by atoms with Crippen molar-refractivity contribution in [3.63, 3.8) is 0 Å². The molecule has 4 heteroatoms. The van der Waals surface area contributed by atoms with Gasteiger partial charge in [-0.15, -0.1) is 0 Å². The minimum Gasteiger partial charge on any atom is -0.456 e. The monoisotopic (exact) mass is 322 g/mol. The first-order valence-electron chi connectivity index (χ1n) is 8.13. The fraction of sp³-hybridized carbons (Fsp3) is 0.250. The van der Waals surface area contributed by atoms with Gasteiger partial charge in [0.05, 0.1) is 0 Å². The Morgan fingerprint density at radius 3 is 2.54 bits per heavy atom. The van der Waals surface area contributed by atoms with E-state index in [2.05, 4.69) is 24.2 Å². The lowest BCUT2D eigenvalue weighted by Crippen LogP contribution is -2.14. The average molecular weight is 322 g/mol. The summed E-state index contributed by atoms with van der Waals surface area (Å²) in [5.41, 5.74) is 1.82. The molecule has 1 aromatic heterocycles. The number of hydrogen-bond donors (Lipinski definition) is 0. The Balaban J connectivity index is 1.93. The largest absolute Gasteiger partial charge is 0.456 e. The van der Waals surface area contributed by atoms with Gasteiger partial charge >= 0.3 is 0 Å². The van der Waals surface area contributed by atoms with Gasteiger partial charge in [-0.1, -0.05) is 47.6 Å². The zero-order valence-electron chi connectivity index (χ0n) is 14.1. The molecular formula is C20H22N2O2. The molecule has 124 valence electrons. The summed E-state index contributed by atoms with van der Waals surface area (Å²) in [6, 6.07) is 19.8. The molecule has 24 heavy (non-hydrogen) atoms. The zero-order valence-corrected chi connectivity index (χ0v) is 14.1. The second-order valence-corrected chi connectivity index (χ2v) is 5.94. The Bertz CT molecular complexity index is 854. The number of nitrogens with zero attached hydrogens (tertiary/aromatic N) is 2. The molecular weight excluding hydrogens is 300 g/mol. The van der Waals surface area contributed by atoms with Crippen molar-refractivity contribution in [3.05, 3.63) is 66.0 Å². The van der Waals surface area contributed by atoms with Crippen LogP contribution >= 0.6 is 0 Å². The van der Waals surface area contributed by atoms with E-state index >= 15 is 0 Å². The molecule has 0 N–H and O–H groups in total. The van der Waals surface area contributed by atoms with Crippen molar-refractivity contribution in [2.24, 2.45) is 5.16 Å². The maximum Gasteiger partial charge on any atom is 0.136 e. The van der Waals surface area contributed by atoms with Gasteiger partial charge in [-0.25, -0.2) is 0 Å². The molecule has 4 nitrogen and oxygen atoms in total. The highest BCUT2D eigenvalue weighted by Gasteiger charge is 2.05. The summed E-state index contributed by atoms with van der Waals surface area (Å²) >= 11 is 0. The average Bonchev–Trinajstić information content (AvgIpc) is 2.61. The highest BCUT2D eigenvalue weighted by atomic mass is 16.6. The van der Waals surface area contributed by atoms with Gasteiger partial charge in [-0.3, -0.25) is 0 Å². The molecule has 0 unspecified atom stereocenters. The molecule has 0 atom stereocenters. The van der Waals surface area contributed by atoms with E-state index in [1.807, 2.05) is 60.7 Å². The summed E-state index contributed by atoms with van der Waals surface area (Å²) < 4.78 is 6.03. The number of benzene rings is 2. The maximum absolute atomic E-state index is 6.03. The second-order valence-electron chi connectivity index (χ2n) is 5.94. The fourth-order valence-corrected chi connectivity index (χ4v) is 2.50. The van der Waals surface area contributed by atoms with Gasteiger partial charge in [0.25, 0.3) is 0 Å². The summed E-state index contributed by atoms with van der Waals surface area (Å²) in [7, 11) is 4.10. The van der Waals surface area contributed by atoms with Gasteiger partial charge < -0.3 is 14.2 Å². The summed E-state index contributed by atoms with van der Waals surface area (Å²) in [4.78, 5) is 7.66. The Kier molecular flexibility index (Phi) is 5.29. The van der Waals surface area contributed by atoms with Crippen LogP contribution < -0.4 is 5.36 Å². The molecule has 0 aliphatic carbocycles.